The summed E-state index contributed by atoms with van der Waals surface area (Å²) in [5.41, 5.74) is 9.15. The van der Waals surface area contributed by atoms with Crippen LogP contribution in [0.2, 0.25) is 0 Å². The first-order valence-corrected chi connectivity index (χ1v) is 5.76. The van der Waals surface area contributed by atoms with Gasteiger partial charge in [-0.15, -0.1) is 0 Å². The van der Waals surface area contributed by atoms with Gasteiger partial charge in [0.15, 0.2) is 0 Å². The summed E-state index contributed by atoms with van der Waals surface area (Å²) in [6, 6.07) is 6.31. The number of anilines is 1. The van der Waals surface area contributed by atoms with E-state index in [2.05, 4.69) is 53.0 Å². The van der Waals surface area contributed by atoms with Crippen molar-refractivity contribution >= 4 is 32.7 Å². The Kier molecular flexibility index (Phi) is 2.65. The number of pyridine rings is 1. The number of halogens is 1. The summed E-state index contributed by atoms with van der Waals surface area (Å²) in [7, 11) is 0. The lowest BCUT2D eigenvalue weighted by atomic mass is 10.1. The first-order valence-electron chi connectivity index (χ1n) is 4.97. The van der Waals surface area contributed by atoms with E-state index >= 15 is 0 Å². The largest absolute Gasteiger partial charge is 0.383 e. The van der Waals surface area contributed by atoms with Crippen LogP contribution in [0.4, 0.5) is 5.82 Å². The van der Waals surface area contributed by atoms with Gasteiger partial charge in [0.05, 0.1) is 5.52 Å². The molecule has 2 nitrogen and oxygen atoms in total. The molecule has 0 bridgehead atoms. The molecule has 0 aliphatic heterocycles. The molecule has 1 aromatic carbocycles. The Labute approximate surface area is 97.6 Å². The Morgan fingerprint density at radius 2 is 2.07 bits per heavy atom. The molecule has 0 atom stereocenters. The second-order valence-corrected chi connectivity index (χ2v) is 4.56. The molecule has 0 aliphatic rings. The quantitative estimate of drug-likeness (QED) is 0.857. The van der Waals surface area contributed by atoms with E-state index < -0.39 is 0 Å². The highest BCUT2D eigenvalue weighted by Gasteiger charge is 2.05. The van der Waals surface area contributed by atoms with Gasteiger partial charge in [-0.1, -0.05) is 6.92 Å². The van der Waals surface area contributed by atoms with E-state index in [4.69, 9.17) is 5.73 Å². The molecule has 3 heteroatoms. The molecule has 0 spiro atoms. The zero-order valence-corrected chi connectivity index (χ0v) is 10.4. The van der Waals surface area contributed by atoms with Crippen LogP contribution >= 0.6 is 15.9 Å². The summed E-state index contributed by atoms with van der Waals surface area (Å²) in [5.74, 6) is 0.634. The number of aromatic nitrogens is 1. The second kappa shape index (κ2) is 3.81. The summed E-state index contributed by atoms with van der Waals surface area (Å²) < 4.78 is 1.01. The Balaban J connectivity index is 2.81. The lowest BCUT2D eigenvalue weighted by molar-refractivity contribution is 1.13. The fourth-order valence-electron chi connectivity index (χ4n) is 1.73. The van der Waals surface area contributed by atoms with E-state index in [1.165, 1.54) is 5.56 Å². The second-order valence-electron chi connectivity index (χ2n) is 3.70. The third kappa shape index (κ3) is 1.84. The van der Waals surface area contributed by atoms with E-state index in [1.54, 1.807) is 0 Å². The summed E-state index contributed by atoms with van der Waals surface area (Å²) in [4.78, 5) is 4.42. The number of nitrogen functional groups attached to an aromatic ring is 1. The number of hydrogen-bond acceptors (Lipinski definition) is 2. The number of hydrogen-bond donors (Lipinski definition) is 1. The van der Waals surface area contributed by atoms with Crippen molar-refractivity contribution in [3.05, 3.63) is 33.8 Å². The van der Waals surface area contributed by atoms with Gasteiger partial charge in [-0.25, -0.2) is 4.98 Å². The van der Waals surface area contributed by atoms with Crippen LogP contribution in [0.25, 0.3) is 10.9 Å². The highest BCUT2D eigenvalue weighted by molar-refractivity contribution is 9.10. The van der Waals surface area contributed by atoms with Crippen molar-refractivity contribution < 1.29 is 0 Å². The van der Waals surface area contributed by atoms with Crippen LogP contribution < -0.4 is 5.73 Å². The van der Waals surface area contributed by atoms with Gasteiger partial charge in [0.2, 0.25) is 0 Å². The summed E-state index contributed by atoms with van der Waals surface area (Å²) >= 11 is 3.51. The van der Waals surface area contributed by atoms with E-state index in [-0.39, 0.29) is 0 Å². The molecule has 1 aromatic heterocycles. The van der Waals surface area contributed by atoms with Gasteiger partial charge < -0.3 is 5.73 Å². The highest BCUT2D eigenvalue weighted by Crippen LogP contribution is 2.27. The average molecular weight is 265 g/mol. The smallest absolute Gasteiger partial charge is 0.127 e. The maximum atomic E-state index is 5.87. The molecule has 78 valence electrons. The molecule has 0 fully saturated rings. The number of nitrogens with two attached hydrogens (primary N) is 1. The molecule has 0 saturated heterocycles. The molecule has 0 amide bonds. The molecule has 2 rings (SSSR count). The predicted molar refractivity (Wildman–Crippen MR) is 68.0 cm³/mol. The van der Waals surface area contributed by atoms with E-state index in [1.807, 2.05) is 0 Å². The van der Waals surface area contributed by atoms with Gasteiger partial charge in [-0.3, -0.25) is 0 Å². The van der Waals surface area contributed by atoms with Gasteiger partial charge in [-0.05, 0) is 58.6 Å². The summed E-state index contributed by atoms with van der Waals surface area (Å²) in [6.07, 6.45) is 0.917. The topological polar surface area (TPSA) is 38.9 Å². The van der Waals surface area contributed by atoms with Crippen LogP contribution in [0, 0.1) is 6.92 Å². The molecule has 0 unspecified atom stereocenters. The number of fused-ring (bicyclic) bond motifs is 1. The lowest BCUT2D eigenvalue weighted by Gasteiger charge is -2.07. The number of nitrogens with zero attached hydrogens (tertiary/aromatic N) is 1. The number of aryl methyl sites for hydroxylation is 2. The third-order valence-corrected chi connectivity index (χ3v) is 3.11. The van der Waals surface area contributed by atoms with Crippen molar-refractivity contribution in [2.24, 2.45) is 0 Å². The highest BCUT2D eigenvalue weighted by atomic mass is 79.9. The van der Waals surface area contributed by atoms with Crippen molar-refractivity contribution in [2.75, 3.05) is 5.73 Å². The molecule has 1 heterocycles. The number of benzene rings is 1. The van der Waals surface area contributed by atoms with Crippen molar-refractivity contribution in [1.82, 2.24) is 4.98 Å². The van der Waals surface area contributed by atoms with Crippen molar-refractivity contribution in [3.8, 4) is 0 Å². The van der Waals surface area contributed by atoms with Gasteiger partial charge in [-0.2, -0.15) is 0 Å². The Morgan fingerprint density at radius 1 is 1.33 bits per heavy atom. The van der Waals surface area contributed by atoms with Crippen LogP contribution in [-0.4, -0.2) is 4.98 Å². The van der Waals surface area contributed by atoms with E-state index in [0.717, 1.165) is 27.4 Å². The molecule has 2 aromatic rings. The Bertz CT molecular complexity index is 521. The summed E-state index contributed by atoms with van der Waals surface area (Å²) in [5, 5.41) is 1.15. The third-order valence-electron chi connectivity index (χ3n) is 2.51. The van der Waals surface area contributed by atoms with Crippen LogP contribution in [0.15, 0.2) is 22.7 Å². The molecular weight excluding hydrogens is 252 g/mol. The lowest BCUT2D eigenvalue weighted by Crippen LogP contribution is -1.97. The van der Waals surface area contributed by atoms with Gasteiger partial charge in [0.25, 0.3) is 0 Å². The Morgan fingerprint density at radius 3 is 2.73 bits per heavy atom. The Hall–Kier alpha value is -1.09. The van der Waals surface area contributed by atoms with Crippen LogP contribution in [-0.2, 0) is 6.42 Å². The molecule has 0 saturated carbocycles. The molecule has 0 radical (unpaired) electrons. The normalized spacial score (nSPS) is 10.9. The molecule has 0 aliphatic carbocycles. The van der Waals surface area contributed by atoms with Crippen molar-refractivity contribution in [2.45, 2.75) is 20.3 Å². The monoisotopic (exact) mass is 264 g/mol. The summed E-state index contributed by atoms with van der Waals surface area (Å²) in [6.45, 7) is 4.16. The van der Waals surface area contributed by atoms with Crippen molar-refractivity contribution in [1.29, 1.82) is 0 Å². The predicted octanol–water partition coefficient (Wildman–Crippen LogP) is 3.45. The zero-order valence-electron chi connectivity index (χ0n) is 8.84. The maximum absolute atomic E-state index is 5.87. The minimum absolute atomic E-state index is 0.634. The molecule has 2 N–H and O–H groups in total. The van der Waals surface area contributed by atoms with Crippen LogP contribution in [0.5, 0.6) is 0 Å². The van der Waals surface area contributed by atoms with Gasteiger partial charge >= 0.3 is 0 Å². The number of rotatable bonds is 1. The fourth-order valence-corrected chi connectivity index (χ4v) is 2.41. The van der Waals surface area contributed by atoms with E-state index in [0.29, 0.717) is 5.82 Å². The SMILES string of the molecule is CCc1cc2cc(C)cc(Br)c2nc1N. The first-order chi connectivity index (χ1) is 7.11. The molecule has 15 heavy (non-hydrogen) atoms. The van der Waals surface area contributed by atoms with Crippen LogP contribution in [0.1, 0.15) is 18.1 Å². The van der Waals surface area contributed by atoms with E-state index in [9.17, 15) is 0 Å². The molecular formula is C12H13BrN2. The first kappa shape index (κ1) is 10.4. The van der Waals surface area contributed by atoms with Crippen LogP contribution in [0.3, 0.4) is 0 Å². The van der Waals surface area contributed by atoms with Crippen molar-refractivity contribution in [3.63, 3.8) is 0 Å². The average Bonchev–Trinajstić information content (AvgIpc) is 2.18. The standard InChI is InChI=1S/C12H13BrN2/c1-3-8-6-9-4-7(2)5-10(13)11(9)15-12(8)14/h4-6H,3H2,1-2H3,(H2,14,15). The van der Waals surface area contributed by atoms with Gasteiger partial charge in [0.1, 0.15) is 5.82 Å². The minimum atomic E-state index is 0.634. The minimum Gasteiger partial charge on any atom is -0.383 e. The zero-order chi connectivity index (χ0) is 11.0. The van der Waals surface area contributed by atoms with Gasteiger partial charge in [0, 0.05) is 9.86 Å². The fraction of sp³-hybridized carbons (Fsp3) is 0.250. The maximum Gasteiger partial charge on any atom is 0.127 e.